The number of ketones is 2. The minimum atomic E-state index is -3.79. The summed E-state index contributed by atoms with van der Waals surface area (Å²) < 4.78 is 28.3. The van der Waals surface area contributed by atoms with Gasteiger partial charge in [0.15, 0.2) is 11.6 Å². The van der Waals surface area contributed by atoms with Crippen LogP contribution in [0, 0.1) is 50.7 Å². The third-order valence-corrected chi connectivity index (χ3v) is 18.0. The summed E-state index contributed by atoms with van der Waals surface area (Å²) in [6.07, 6.45) is 15.9. The van der Waals surface area contributed by atoms with Gasteiger partial charge in [0.1, 0.15) is 5.69 Å². The second kappa shape index (κ2) is 13.7. The van der Waals surface area contributed by atoms with Crippen molar-refractivity contribution in [3.05, 3.63) is 24.3 Å². The van der Waals surface area contributed by atoms with Crippen LogP contribution in [-0.2, 0) is 29.2 Å². The fourth-order valence-corrected chi connectivity index (χ4v) is 13.5. The average Bonchev–Trinajstić information content (AvgIpc) is 3.96. The molecule has 1 aliphatic heterocycles. The van der Waals surface area contributed by atoms with E-state index in [-0.39, 0.29) is 64.1 Å². The Balaban J connectivity index is 1.07. The minimum absolute atomic E-state index is 0.0375. The second-order valence-electron chi connectivity index (χ2n) is 20.5. The van der Waals surface area contributed by atoms with E-state index in [1.807, 2.05) is 20.8 Å². The van der Waals surface area contributed by atoms with Crippen LogP contribution in [0.5, 0.6) is 0 Å². The summed E-state index contributed by atoms with van der Waals surface area (Å²) in [7, 11) is -3.79. The SMILES string of the molecule is CC(C)(C)[C@H](CC(=O)[C@@H](NC(=O)c1cnccn1)C1CCCCC1)C(=O)N1C[C@]2(C[C@H]1C(=O)C[C@]1(C(=O)NS(=O)(=O)C3CC3)C[C@H]1C1CC1)C(C)(C)C21CCC1. The number of hydrogen-bond donors (Lipinski definition) is 2. The van der Waals surface area contributed by atoms with Gasteiger partial charge in [-0.2, -0.15) is 0 Å². The molecule has 2 spiro atoms. The molecule has 12 nitrogen and oxygen atoms in total. The van der Waals surface area contributed by atoms with Crippen LogP contribution < -0.4 is 10.0 Å². The molecule has 2 N–H and O–H groups in total. The zero-order valence-corrected chi connectivity index (χ0v) is 34.7. The number of fused-ring (bicyclic) bond motifs is 1. The summed E-state index contributed by atoms with van der Waals surface area (Å²) in [5, 5.41) is 2.44. The van der Waals surface area contributed by atoms with Gasteiger partial charge in [0.2, 0.25) is 21.8 Å². The van der Waals surface area contributed by atoms with Crippen molar-refractivity contribution in [2.24, 2.45) is 50.7 Å². The van der Waals surface area contributed by atoms with Gasteiger partial charge in [-0.1, -0.05) is 60.3 Å². The van der Waals surface area contributed by atoms with E-state index in [1.165, 1.54) is 18.6 Å². The second-order valence-corrected chi connectivity index (χ2v) is 22.4. The number of nitrogens with one attached hydrogen (secondary N) is 2. The molecule has 7 fully saturated rings. The molecule has 8 rings (SSSR count). The van der Waals surface area contributed by atoms with Gasteiger partial charge in [-0.05, 0) is 98.2 Å². The highest BCUT2D eigenvalue weighted by molar-refractivity contribution is 7.90. The molecule has 3 amide bonds. The molecule has 1 saturated heterocycles. The van der Waals surface area contributed by atoms with Crippen LogP contribution in [0.15, 0.2) is 18.6 Å². The molecule has 0 bridgehead atoms. The molecular formula is C43H61N5O7S. The largest absolute Gasteiger partial charge is 0.341 e. The summed E-state index contributed by atoms with van der Waals surface area (Å²) >= 11 is 0. The van der Waals surface area contributed by atoms with Gasteiger partial charge in [0.05, 0.1) is 28.9 Å². The van der Waals surface area contributed by atoms with Gasteiger partial charge in [-0.3, -0.25) is 33.7 Å². The first-order chi connectivity index (χ1) is 26.4. The predicted octanol–water partition coefficient (Wildman–Crippen LogP) is 5.56. The number of nitrogens with zero attached hydrogens (tertiary/aromatic N) is 3. The highest BCUT2D eigenvalue weighted by Crippen LogP contribution is 2.88. The Bertz CT molecular complexity index is 1890. The zero-order valence-electron chi connectivity index (χ0n) is 33.9. The van der Waals surface area contributed by atoms with Gasteiger partial charge in [-0.15, -0.1) is 0 Å². The van der Waals surface area contributed by atoms with Gasteiger partial charge in [-0.25, -0.2) is 13.4 Å². The Morgan fingerprint density at radius 1 is 0.911 bits per heavy atom. The number of hydrogen-bond acceptors (Lipinski definition) is 9. The summed E-state index contributed by atoms with van der Waals surface area (Å²) in [5.74, 6) is -2.18. The number of amides is 3. The first-order valence-corrected chi connectivity index (χ1v) is 22.9. The highest BCUT2D eigenvalue weighted by atomic mass is 32.2. The number of aromatic nitrogens is 2. The topological polar surface area (TPSA) is 173 Å². The van der Waals surface area contributed by atoms with Crippen LogP contribution in [0.2, 0.25) is 0 Å². The summed E-state index contributed by atoms with van der Waals surface area (Å²) in [6.45, 7) is 10.8. The maximum Gasteiger partial charge on any atom is 0.272 e. The molecule has 13 heteroatoms. The molecular weight excluding hydrogens is 731 g/mol. The monoisotopic (exact) mass is 791 g/mol. The molecule has 7 aliphatic rings. The van der Waals surface area contributed by atoms with Crippen molar-refractivity contribution in [2.45, 2.75) is 155 Å². The molecule has 0 unspecified atom stereocenters. The maximum atomic E-state index is 15.3. The Kier molecular flexibility index (Phi) is 9.68. The van der Waals surface area contributed by atoms with Crippen molar-refractivity contribution < 1.29 is 32.4 Å². The number of rotatable bonds is 14. The van der Waals surface area contributed by atoms with Crippen LogP contribution in [0.1, 0.15) is 148 Å². The Labute approximate surface area is 331 Å². The van der Waals surface area contributed by atoms with E-state index in [0.717, 1.165) is 64.2 Å². The van der Waals surface area contributed by atoms with Crippen molar-refractivity contribution in [1.29, 1.82) is 0 Å². The maximum absolute atomic E-state index is 15.3. The van der Waals surface area contributed by atoms with E-state index >= 15 is 4.79 Å². The lowest BCUT2D eigenvalue weighted by Gasteiger charge is -2.37. The van der Waals surface area contributed by atoms with E-state index in [4.69, 9.17) is 0 Å². The number of sulfonamides is 1. The number of carbonyl (C=O) groups is 5. The molecule has 306 valence electrons. The van der Waals surface area contributed by atoms with Crippen molar-refractivity contribution in [3.8, 4) is 0 Å². The highest BCUT2D eigenvalue weighted by Gasteiger charge is 2.85. The average molecular weight is 792 g/mol. The number of carbonyl (C=O) groups excluding carboxylic acids is 5. The quantitative estimate of drug-likeness (QED) is 0.245. The third-order valence-electron chi connectivity index (χ3n) is 16.2. The first kappa shape index (κ1) is 39.6. The summed E-state index contributed by atoms with van der Waals surface area (Å²) in [4.78, 5) is 81.9. The van der Waals surface area contributed by atoms with E-state index in [0.29, 0.717) is 38.1 Å². The van der Waals surface area contributed by atoms with E-state index in [2.05, 4.69) is 33.9 Å². The molecule has 6 aliphatic carbocycles. The predicted molar refractivity (Wildman–Crippen MR) is 208 cm³/mol. The molecule has 56 heavy (non-hydrogen) atoms. The minimum Gasteiger partial charge on any atom is -0.341 e. The van der Waals surface area contributed by atoms with Crippen molar-refractivity contribution in [2.75, 3.05) is 6.54 Å². The normalized spacial score (nSPS) is 31.6. The first-order valence-electron chi connectivity index (χ1n) is 21.4. The third kappa shape index (κ3) is 6.53. The Hall–Kier alpha value is -3.22. The molecule has 1 aromatic heterocycles. The lowest BCUT2D eigenvalue weighted by atomic mass is 9.73. The number of likely N-dealkylation sites (tertiary alicyclic amines) is 1. The van der Waals surface area contributed by atoms with Crippen molar-refractivity contribution in [3.63, 3.8) is 0 Å². The molecule has 6 saturated carbocycles. The van der Waals surface area contributed by atoms with Crippen molar-refractivity contribution >= 4 is 39.3 Å². The van der Waals surface area contributed by atoms with Gasteiger partial charge >= 0.3 is 0 Å². The van der Waals surface area contributed by atoms with Crippen molar-refractivity contribution in [1.82, 2.24) is 24.9 Å². The molecule has 0 radical (unpaired) electrons. The van der Waals surface area contributed by atoms with Crippen LogP contribution in [0.3, 0.4) is 0 Å². The smallest absolute Gasteiger partial charge is 0.272 e. The van der Waals surface area contributed by atoms with Crippen LogP contribution in [0.4, 0.5) is 0 Å². The molecule has 6 atom stereocenters. The fraction of sp³-hybridized carbons (Fsp3) is 0.791. The molecule has 0 aromatic carbocycles. The van der Waals surface area contributed by atoms with Crippen LogP contribution in [0.25, 0.3) is 0 Å². The van der Waals surface area contributed by atoms with Crippen LogP contribution >= 0.6 is 0 Å². The molecule has 2 heterocycles. The fourth-order valence-electron chi connectivity index (χ4n) is 12.1. The zero-order chi connectivity index (χ0) is 40.1. The lowest BCUT2D eigenvalue weighted by Crippen LogP contribution is -2.51. The standard InChI is InChI=1S/C43H61N5O7S/c1-39(2,3)29(20-33(49)35(27-10-7-6-8-11-27)46-36(51)31-24-44-18-19-45-31)37(52)48-25-43(40(4,5)42(43)16-9-17-42)22-32(48)34(50)23-41(21-30(41)26-12-13-26)38(53)47-56(54,55)28-14-15-28/h18-19,24,26-30,32,35H,6-17,20-23,25H2,1-5H3,(H,46,51)(H,47,53)/t29-,30+,32+,35+,41-,43-/m1/s1. The molecule has 1 aromatic rings. The number of Topliss-reactive ketones (excluding diaryl/α,β-unsaturated/α-hetero) is 2. The summed E-state index contributed by atoms with van der Waals surface area (Å²) in [5.41, 5.74) is -1.89. The van der Waals surface area contributed by atoms with Gasteiger partial charge in [0, 0.05) is 43.1 Å². The van der Waals surface area contributed by atoms with E-state index < -0.39 is 55.9 Å². The Morgan fingerprint density at radius 2 is 1.61 bits per heavy atom. The van der Waals surface area contributed by atoms with Crippen LogP contribution in [-0.4, -0.2) is 76.5 Å². The lowest BCUT2D eigenvalue weighted by molar-refractivity contribution is -0.146. The Morgan fingerprint density at radius 3 is 2.16 bits per heavy atom. The van der Waals surface area contributed by atoms with Gasteiger partial charge in [0.25, 0.3) is 5.91 Å². The van der Waals surface area contributed by atoms with E-state index in [9.17, 15) is 27.6 Å². The van der Waals surface area contributed by atoms with Gasteiger partial charge < -0.3 is 10.2 Å². The summed E-state index contributed by atoms with van der Waals surface area (Å²) in [6, 6.07) is -1.55. The van der Waals surface area contributed by atoms with E-state index in [1.54, 1.807) is 4.90 Å².